The molecule has 1 aromatic carbocycles. The van der Waals surface area contributed by atoms with Gasteiger partial charge < -0.3 is 5.32 Å². The second kappa shape index (κ2) is 8.16. The van der Waals surface area contributed by atoms with Crippen molar-refractivity contribution in [2.75, 3.05) is 13.6 Å². The Morgan fingerprint density at radius 3 is 2.33 bits per heavy atom. The van der Waals surface area contributed by atoms with Crippen molar-refractivity contribution >= 4 is 22.6 Å². The summed E-state index contributed by atoms with van der Waals surface area (Å²) < 4.78 is 1.32. The van der Waals surface area contributed by atoms with Crippen LogP contribution in [0.5, 0.6) is 0 Å². The smallest absolute Gasteiger partial charge is 0.0130 e. The zero-order chi connectivity index (χ0) is 13.4. The van der Waals surface area contributed by atoms with E-state index in [1.807, 2.05) is 0 Å². The molecule has 0 heterocycles. The fourth-order valence-electron chi connectivity index (χ4n) is 2.63. The van der Waals surface area contributed by atoms with E-state index in [4.69, 9.17) is 0 Å². The van der Waals surface area contributed by atoms with E-state index >= 15 is 0 Å². The minimum Gasteiger partial charge on any atom is -0.319 e. The lowest BCUT2D eigenvalue weighted by molar-refractivity contribution is 0.235. The molecule has 0 fully saturated rings. The van der Waals surface area contributed by atoms with Crippen molar-refractivity contribution in [2.45, 2.75) is 46.0 Å². The summed E-state index contributed by atoms with van der Waals surface area (Å²) in [5.41, 5.74) is 1.90. The van der Waals surface area contributed by atoms with Gasteiger partial charge in [0.15, 0.2) is 0 Å². The van der Waals surface area contributed by atoms with Gasteiger partial charge in [-0.1, -0.05) is 38.8 Å². The Kier molecular flexibility index (Phi) is 7.23. The number of nitrogens with one attached hydrogen (secondary N) is 1. The normalized spacial score (nSPS) is 14.4. The predicted molar refractivity (Wildman–Crippen MR) is 89.0 cm³/mol. The molecule has 1 N–H and O–H groups in total. The molecule has 1 nitrogen and oxygen atoms in total. The third kappa shape index (κ3) is 4.88. The quantitative estimate of drug-likeness (QED) is 0.667. The standard InChI is InChI=1S/C16H26IN/c1-4-6-11-16(5-2,13-18-3)12-14-7-9-15(17)10-8-14/h7-10,18H,4-6,11-13H2,1-3H3. The highest BCUT2D eigenvalue weighted by atomic mass is 127. The van der Waals surface area contributed by atoms with Gasteiger partial charge in [-0.05, 0) is 72.0 Å². The minimum atomic E-state index is 0.428. The highest BCUT2D eigenvalue weighted by Gasteiger charge is 2.26. The van der Waals surface area contributed by atoms with Gasteiger partial charge in [-0.2, -0.15) is 0 Å². The zero-order valence-electron chi connectivity index (χ0n) is 11.9. The van der Waals surface area contributed by atoms with E-state index in [2.05, 4.69) is 73.1 Å². The molecule has 0 radical (unpaired) electrons. The van der Waals surface area contributed by atoms with Gasteiger partial charge in [0.2, 0.25) is 0 Å². The van der Waals surface area contributed by atoms with Crippen LogP contribution in [-0.2, 0) is 6.42 Å². The maximum absolute atomic E-state index is 3.40. The second-order valence-electron chi connectivity index (χ2n) is 5.29. The fraction of sp³-hybridized carbons (Fsp3) is 0.625. The van der Waals surface area contributed by atoms with Crippen LogP contribution >= 0.6 is 22.6 Å². The van der Waals surface area contributed by atoms with Crippen LogP contribution < -0.4 is 5.32 Å². The molecule has 1 atom stereocenters. The minimum absolute atomic E-state index is 0.428. The lowest BCUT2D eigenvalue weighted by Gasteiger charge is -2.33. The molecule has 1 rings (SSSR count). The second-order valence-corrected chi connectivity index (χ2v) is 6.54. The van der Waals surface area contributed by atoms with Crippen molar-refractivity contribution in [1.82, 2.24) is 5.32 Å². The van der Waals surface area contributed by atoms with Crippen LogP contribution in [0.25, 0.3) is 0 Å². The third-order valence-electron chi connectivity index (χ3n) is 3.85. The Bertz CT molecular complexity index is 333. The molecular formula is C16H26IN. The van der Waals surface area contributed by atoms with Crippen LogP contribution in [0.2, 0.25) is 0 Å². The van der Waals surface area contributed by atoms with E-state index in [1.165, 1.54) is 41.2 Å². The lowest BCUT2D eigenvalue weighted by atomic mass is 9.75. The van der Waals surface area contributed by atoms with Gasteiger partial charge in [-0.25, -0.2) is 0 Å². The Hall–Kier alpha value is -0.0900. The molecule has 102 valence electrons. The molecule has 0 aromatic heterocycles. The molecule has 0 spiro atoms. The van der Waals surface area contributed by atoms with E-state index in [9.17, 15) is 0 Å². The highest BCUT2D eigenvalue weighted by molar-refractivity contribution is 14.1. The average molecular weight is 359 g/mol. The van der Waals surface area contributed by atoms with Crippen molar-refractivity contribution in [3.05, 3.63) is 33.4 Å². The summed E-state index contributed by atoms with van der Waals surface area (Å²) in [6.45, 7) is 5.74. The van der Waals surface area contributed by atoms with E-state index in [1.54, 1.807) is 0 Å². The molecule has 18 heavy (non-hydrogen) atoms. The highest BCUT2D eigenvalue weighted by Crippen LogP contribution is 2.32. The molecule has 0 aliphatic heterocycles. The first-order chi connectivity index (χ1) is 8.65. The van der Waals surface area contributed by atoms with Gasteiger partial charge >= 0.3 is 0 Å². The number of hydrogen-bond acceptors (Lipinski definition) is 1. The van der Waals surface area contributed by atoms with Crippen molar-refractivity contribution in [2.24, 2.45) is 5.41 Å². The summed E-state index contributed by atoms with van der Waals surface area (Å²) in [5, 5.41) is 3.40. The lowest BCUT2D eigenvalue weighted by Crippen LogP contribution is -2.34. The largest absolute Gasteiger partial charge is 0.319 e. The Morgan fingerprint density at radius 2 is 1.83 bits per heavy atom. The molecule has 0 saturated carbocycles. The first kappa shape index (κ1) is 16.0. The average Bonchev–Trinajstić information content (AvgIpc) is 2.39. The molecule has 1 aromatic rings. The molecule has 2 heteroatoms. The van der Waals surface area contributed by atoms with Crippen LogP contribution in [0, 0.1) is 8.99 Å². The van der Waals surface area contributed by atoms with E-state index in [-0.39, 0.29) is 0 Å². The Labute approximate surface area is 126 Å². The van der Waals surface area contributed by atoms with Crippen LogP contribution in [0.3, 0.4) is 0 Å². The van der Waals surface area contributed by atoms with Crippen molar-refractivity contribution < 1.29 is 0 Å². The van der Waals surface area contributed by atoms with E-state index in [0.717, 1.165) is 6.54 Å². The molecule has 0 bridgehead atoms. The van der Waals surface area contributed by atoms with Crippen LogP contribution in [0.4, 0.5) is 0 Å². The summed E-state index contributed by atoms with van der Waals surface area (Å²) in [7, 11) is 2.07. The van der Waals surface area contributed by atoms with Gasteiger partial charge in [0, 0.05) is 10.1 Å². The maximum Gasteiger partial charge on any atom is 0.0130 e. The van der Waals surface area contributed by atoms with Crippen LogP contribution in [0.1, 0.15) is 45.1 Å². The summed E-state index contributed by atoms with van der Waals surface area (Å²) in [6, 6.07) is 9.01. The number of unbranched alkanes of at least 4 members (excludes halogenated alkanes) is 1. The van der Waals surface area contributed by atoms with Crippen LogP contribution in [-0.4, -0.2) is 13.6 Å². The summed E-state index contributed by atoms with van der Waals surface area (Å²) in [4.78, 5) is 0. The van der Waals surface area contributed by atoms with Crippen molar-refractivity contribution in [3.63, 3.8) is 0 Å². The first-order valence-corrected chi connectivity index (χ1v) is 8.12. The molecular weight excluding hydrogens is 333 g/mol. The van der Waals surface area contributed by atoms with Crippen molar-refractivity contribution in [1.29, 1.82) is 0 Å². The van der Waals surface area contributed by atoms with E-state index in [0.29, 0.717) is 5.41 Å². The monoisotopic (exact) mass is 359 g/mol. The molecule has 0 aliphatic carbocycles. The zero-order valence-corrected chi connectivity index (χ0v) is 14.1. The Balaban J connectivity index is 2.78. The summed E-state index contributed by atoms with van der Waals surface area (Å²) >= 11 is 2.37. The number of halogens is 1. The molecule has 0 aliphatic rings. The van der Waals surface area contributed by atoms with Gasteiger partial charge in [0.1, 0.15) is 0 Å². The summed E-state index contributed by atoms with van der Waals surface area (Å²) in [6.07, 6.45) is 6.39. The Morgan fingerprint density at radius 1 is 1.17 bits per heavy atom. The summed E-state index contributed by atoms with van der Waals surface area (Å²) in [5.74, 6) is 0. The fourth-order valence-corrected chi connectivity index (χ4v) is 2.99. The molecule has 1 unspecified atom stereocenters. The predicted octanol–water partition coefficient (Wildman–Crippen LogP) is 4.64. The number of hydrogen-bond donors (Lipinski definition) is 1. The van der Waals surface area contributed by atoms with Gasteiger partial charge in [0.25, 0.3) is 0 Å². The third-order valence-corrected chi connectivity index (χ3v) is 4.57. The number of benzene rings is 1. The number of rotatable bonds is 8. The molecule has 0 amide bonds. The van der Waals surface area contributed by atoms with Gasteiger partial charge in [0.05, 0.1) is 0 Å². The van der Waals surface area contributed by atoms with E-state index < -0.39 is 0 Å². The SMILES string of the molecule is CCCCC(CC)(CNC)Cc1ccc(I)cc1. The van der Waals surface area contributed by atoms with Crippen molar-refractivity contribution in [3.8, 4) is 0 Å². The molecule has 0 saturated heterocycles. The van der Waals surface area contributed by atoms with Gasteiger partial charge in [-0.15, -0.1) is 0 Å². The first-order valence-electron chi connectivity index (χ1n) is 7.05. The maximum atomic E-state index is 3.40. The topological polar surface area (TPSA) is 12.0 Å². The van der Waals surface area contributed by atoms with Gasteiger partial charge in [-0.3, -0.25) is 0 Å². The van der Waals surface area contributed by atoms with Crippen LogP contribution in [0.15, 0.2) is 24.3 Å².